The minimum absolute atomic E-state index is 0.168. The van der Waals surface area contributed by atoms with Gasteiger partial charge in [0.2, 0.25) is 11.8 Å². The zero-order valence-electron chi connectivity index (χ0n) is 18.8. The van der Waals surface area contributed by atoms with Crippen molar-refractivity contribution >= 4 is 11.9 Å². The third-order valence-corrected chi connectivity index (χ3v) is 6.63. The van der Waals surface area contributed by atoms with E-state index in [4.69, 9.17) is 10.5 Å². The first kappa shape index (κ1) is 23.6. The Morgan fingerprint density at radius 2 is 1.87 bits per heavy atom. The summed E-state index contributed by atoms with van der Waals surface area (Å²) in [6, 6.07) is 7.27. The molecule has 1 aliphatic heterocycles. The van der Waals surface area contributed by atoms with Gasteiger partial charge in [0.1, 0.15) is 6.04 Å². The predicted molar refractivity (Wildman–Crippen MR) is 114 cm³/mol. The molecule has 2 aliphatic rings. The summed E-state index contributed by atoms with van der Waals surface area (Å²) in [5.74, 6) is -5.03. The maximum Gasteiger partial charge on any atom is 0.329 e. The molecular formula is C24H34F2N2O3. The fraction of sp³-hybridized carbons (Fsp3) is 0.667. The smallest absolute Gasteiger partial charge is 0.329 e. The van der Waals surface area contributed by atoms with Crippen molar-refractivity contribution < 1.29 is 23.1 Å². The van der Waals surface area contributed by atoms with Crippen molar-refractivity contribution in [1.29, 1.82) is 0 Å². The molecule has 5 atom stereocenters. The van der Waals surface area contributed by atoms with Crippen LogP contribution in [0.15, 0.2) is 30.3 Å². The average Bonchev–Trinajstić information content (AvgIpc) is 3.00. The second-order valence-electron chi connectivity index (χ2n) is 9.92. The van der Waals surface area contributed by atoms with E-state index >= 15 is 0 Å². The van der Waals surface area contributed by atoms with Crippen molar-refractivity contribution in [2.24, 2.45) is 23.0 Å². The minimum Gasteiger partial charge on any atom is -0.464 e. The number of hydrogen-bond acceptors (Lipinski definition) is 4. The van der Waals surface area contributed by atoms with E-state index in [1.165, 1.54) is 4.90 Å². The number of hydrogen-bond donors (Lipinski definition) is 1. The molecule has 2 N–H and O–H groups in total. The number of halogens is 2. The Balaban J connectivity index is 2.09. The number of benzene rings is 1. The molecule has 1 saturated carbocycles. The van der Waals surface area contributed by atoms with Gasteiger partial charge in [0.15, 0.2) is 0 Å². The number of carbonyl (C=O) groups is 2. The summed E-state index contributed by atoms with van der Waals surface area (Å²) < 4.78 is 33.7. The van der Waals surface area contributed by atoms with Gasteiger partial charge in [-0.2, -0.15) is 0 Å². The molecule has 0 aromatic heterocycles. The summed E-state index contributed by atoms with van der Waals surface area (Å²) in [5.41, 5.74) is 7.12. The van der Waals surface area contributed by atoms with Crippen LogP contribution in [0.25, 0.3) is 0 Å². The summed E-state index contributed by atoms with van der Waals surface area (Å²) in [4.78, 5) is 28.4. The van der Waals surface area contributed by atoms with Crippen LogP contribution in [0.1, 0.15) is 65.0 Å². The zero-order chi connectivity index (χ0) is 23.0. The quantitative estimate of drug-likeness (QED) is 0.714. The molecule has 1 heterocycles. The first-order valence-electron chi connectivity index (χ1n) is 11.1. The highest BCUT2D eigenvalue weighted by molar-refractivity contribution is 5.88. The molecular weight excluding hydrogens is 402 g/mol. The van der Waals surface area contributed by atoms with Crippen LogP contribution in [-0.2, 0) is 14.3 Å². The molecule has 5 nitrogen and oxygen atoms in total. The van der Waals surface area contributed by atoms with Crippen LogP contribution in [0.4, 0.5) is 8.78 Å². The molecule has 0 unspecified atom stereocenters. The highest BCUT2D eigenvalue weighted by atomic mass is 19.3. The second kappa shape index (κ2) is 8.85. The first-order valence-corrected chi connectivity index (χ1v) is 11.1. The molecule has 2 fully saturated rings. The highest BCUT2D eigenvalue weighted by Gasteiger charge is 2.58. The Morgan fingerprint density at radius 1 is 1.23 bits per heavy atom. The maximum atomic E-state index is 14.2. The lowest BCUT2D eigenvalue weighted by atomic mass is 9.73. The Morgan fingerprint density at radius 3 is 2.42 bits per heavy atom. The zero-order valence-corrected chi connectivity index (χ0v) is 18.8. The maximum absolute atomic E-state index is 14.2. The predicted octanol–water partition coefficient (Wildman–Crippen LogP) is 4.32. The van der Waals surface area contributed by atoms with Crippen LogP contribution in [0.3, 0.4) is 0 Å². The van der Waals surface area contributed by atoms with Crippen molar-refractivity contribution in [3.05, 3.63) is 35.9 Å². The number of nitrogens with two attached hydrogens (primary N) is 1. The van der Waals surface area contributed by atoms with Crippen LogP contribution in [0, 0.1) is 17.3 Å². The van der Waals surface area contributed by atoms with E-state index in [2.05, 4.69) is 0 Å². The largest absolute Gasteiger partial charge is 0.464 e. The SMILES string of the molecule is CCOC(=O)[C@@H]1[C@@H](C(C)(C)C)[C@H](N)[C@H](c2ccccc2)N1C(=O)[C@H]1CCCC(F)(F)C1. The van der Waals surface area contributed by atoms with E-state index in [1.807, 2.05) is 51.1 Å². The lowest BCUT2D eigenvalue weighted by molar-refractivity contribution is -0.160. The first-order chi connectivity index (χ1) is 14.5. The summed E-state index contributed by atoms with van der Waals surface area (Å²) in [7, 11) is 0. The van der Waals surface area contributed by atoms with E-state index in [0.717, 1.165) is 5.56 Å². The van der Waals surface area contributed by atoms with Crippen molar-refractivity contribution in [2.45, 2.75) is 77.4 Å². The number of alkyl halides is 2. The van der Waals surface area contributed by atoms with Crippen molar-refractivity contribution in [2.75, 3.05) is 6.61 Å². The Kier molecular flexibility index (Phi) is 6.75. The molecule has 0 bridgehead atoms. The molecule has 1 saturated heterocycles. The second-order valence-corrected chi connectivity index (χ2v) is 9.92. The Bertz CT molecular complexity index is 794. The number of ether oxygens (including phenoxy) is 1. The van der Waals surface area contributed by atoms with E-state index in [9.17, 15) is 18.4 Å². The van der Waals surface area contributed by atoms with E-state index in [-0.39, 0.29) is 25.4 Å². The summed E-state index contributed by atoms with van der Waals surface area (Å²) in [6.07, 6.45) is -0.0252. The fourth-order valence-corrected chi connectivity index (χ4v) is 5.38. The summed E-state index contributed by atoms with van der Waals surface area (Å²) in [6.45, 7) is 7.82. The van der Waals surface area contributed by atoms with Crippen LogP contribution in [0.5, 0.6) is 0 Å². The van der Waals surface area contributed by atoms with Crippen LogP contribution in [-0.4, -0.2) is 41.4 Å². The fourth-order valence-electron chi connectivity index (χ4n) is 5.38. The van der Waals surface area contributed by atoms with Crippen molar-refractivity contribution in [1.82, 2.24) is 4.90 Å². The molecule has 1 amide bonds. The van der Waals surface area contributed by atoms with Gasteiger partial charge in [0.05, 0.1) is 12.6 Å². The lowest BCUT2D eigenvalue weighted by Gasteiger charge is -2.37. The summed E-state index contributed by atoms with van der Waals surface area (Å²) >= 11 is 0. The number of rotatable bonds is 4. The van der Waals surface area contributed by atoms with Gasteiger partial charge in [-0.15, -0.1) is 0 Å². The van der Waals surface area contributed by atoms with E-state index < -0.39 is 53.7 Å². The molecule has 172 valence electrons. The molecule has 3 rings (SSSR count). The van der Waals surface area contributed by atoms with Crippen molar-refractivity contribution in [3.63, 3.8) is 0 Å². The molecule has 1 aliphatic carbocycles. The lowest BCUT2D eigenvalue weighted by Crippen LogP contribution is -2.50. The van der Waals surface area contributed by atoms with Crippen LogP contribution >= 0.6 is 0 Å². The van der Waals surface area contributed by atoms with Gasteiger partial charge in [0.25, 0.3) is 0 Å². The topological polar surface area (TPSA) is 72.6 Å². The number of esters is 1. The van der Waals surface area contributed by atoms with Crippen LogP contribution < -0.4 is 5.73 Å². The minimum atomic E-state index is -2.87. The number of carbonyl (C=O) groups excluding carboxylic acids is 2. The van der Waals surface area contributed by atoms with Gasteiger partial charge in [-0.05, 0) is 30.7 Å². The van der Waals surface area contributed by atoms with Gasteiger partial charge >= 0.3 is 5.97 Å². The van der Waals surface area contributed by atoms with Crippen molar-refractivity contribution in [3.8, 4) is 0 Å². The molecule has 7 heteroatoms. The van der Waals surface area contributed by atoms with Gasteiger partial charge in [-0.1, -0.05) is 51.1 Å². The normalized spacial score (nSPS) is 30.8. The number of amides is 1. The van der Waals surface area contributed by atoms with Gasteiger partial charge in [0, 0.05) is 30.7 Å². The number of nitrogens with zero attached hydrogens (tertiary/aromatic N) is 1. The third-order valence-electron chi connectivity index (χ3n) is 6.63. The van der Waals surface area contributed by atoms with E-state index in [1.54, 1.807) is 6.92 Å². The van der Waals surface area contributed by atoms with Crippen LogP contribution in [0.2, 0.25) is 0 Å². The molecule has 0 radical (unpaired) electrons. The monoisotopic (exact) mass is 436 g/mol. The molecule has 1 aromatic rings. The Labute approximate surface area is 183 Å². The van der Waals surface area contributed by atoms with Gasteiger partial charge in [-0.25, -0.2) is 13.6 Å². The molecule has 0 spiro atoms. The summed E-state index contributed by atoms with van der Waals surface area (Å²) in [5, 5.41) is 0. The highest BCUT2D eigenvalue weighted by Crippen LogP contribution is 2.49. The average molecular weight is 437 g/mol. The number of likely N-dealkylation sites (tertiary alicyclic amines) is 1. The molecule has 1 aromatic carbocycles. The van der Waals surface area contributed by atoms with Gasteiger partial charge < -0.3 is 15.4 Å². The third kappa shape index (κ3) is 4.76. The molecule has 31 heavy (non-hydrogen) atoms. The van der Waals surface area contributed by atoms with Gasteiger partial charge in [-0.3, -0.25) is 4.79 Å². The Hall–Kier alpha value is -2.02. The van der Waals surface area contributed by atoms with E-state index in [0.29, 0.717) is 6.42 Å². The standard InChI is InChI=1S/C24H34F2N2O3/c1-5-31-22(30)20-17(23(2,3)4)18(27)19(15-10-7-6-8-11-15)28(20)21(29)16-12-9-13-24(25,26)14-16/h6-8,10-11,16-20H,5,9,12-14,27H2,1-4H3/t16-,17-,18-,19-,20-/m0/s1.